The van der Waals surface area contributed by atoms with Crippen molar-refractivity contribution in [2.24, 2.45) is 0 Å². The first-order valence-corrected chi connectivity index (χ1v) is 7.19. The van der Waals surface area contributed by atoms with Gasteiger partial charge in [-0.25, -0.2) is 4.39 Å². The van der Waals surface area contributed by atoms with E-state index in [0.717, 1.165) is 25.9 Å². The third-order valence-corrected chi connectivity index (χ3v) is 3.36. The number of para-hydroxylation sites is 1. The van der Waals surface area contributed by atoms with Crippen molar-refractivity contribution < 1.29 is 13.9 Å². The quantitative estimate of drug-likeness (QED) is 0.919. The van der Waals surface area contributed by atoms with Gasteiger partial charge in [0.25, 0.3) is 0 Å². The van der Waals surface area contributed by atoms with Crippen LogP contribution in [0.15, 0.2) is 24.3 Å². The van der Waals surface area contributed by atoms with Gasteiger partial charge >= 0.3 is 0 Å². The number of piperidine rings is 1. The summed E-state index contributed by atoms with van der Waals surface area (Å²) in [5.74, 6) is -0.0322. The lowest BCUT2D eigenvalue weighted by Crippen LogP contribution is -2.51. The van der Waals surface area contributed by atoms with Gasteiger partial charge in [-0.3, -0.25) is 0 Å². The van der Waals surface area contributed by atoms with E-state index in [-0.39, 0.29) is 17.0 Å². The van der Waals surface area contributed by atoms with Gasteiger partial charge in [-0.2, -0.15) is 0 Å². The van der Waals surface area contributed by atoms with Crippen molar-refractivity contribution in [3.8, 4) is 5.75 Å². The molecule has 0 aliphatic carbocycles. The van der Waals surface area contributed by atoms with Crippen LogP contribution < -0.4 is 10.1 Å². The molecule has 0 atom stereocenters. The van der Waals surface area contributed by atoms with Gasteiger partial charge in [-0.05, 0) is 58.8 Å². The van der Waals surface area contributed by atoms with E-state index in [9.17, 15) is 4.39 Å². The predicted molar refractivity (Wildman–Crippen MR) is 77.6 cm³/mol. The molecule has 1 aromatic rings. The Morgan fingerprint density at radius 2 is 1.85 bits per heavy atom. The molecular formula is C16H24FNO2. The average molecular weight is 281 g/mol. The molecule has 1 aromatic carbocycles. The highest BCUT2D eigenvalue weighted by Crippen LogP contribution is 2.30. The molecule has 0 spiro atoms. The van der Waals surface area contributed by atoms with Crippen molar-refractivity contribution in [1.82, 2.24) is 5.32 Å². The predicted octanol–water partition coefficient (Wildman–Crippen LogP) is 3.14. The fourth-order valence-corrected chi connectivity index (χ4v) is 2.58. The molecule has 112 valence electrons. The Balaban J connectivity index is 2.06. The van der Waals surface area contributed by atoms with Crippen molar-refractivity contribution in [3.05, 3.63) is 30.1 Å². The van der Waals surface area contributed by atoms with Crippen LogP contribution in [-0.2, 0) is 4.74 Å². The number of ether oxygens (including phenoxy) is 2. The van der Waals surface area contributed by atoms with Crippen molar-refractivity contribution in [3.63, 3.8) is 0 Å². The van der Waals surface area contributed by atoms with Crippen molar-refractivity contribution in [1.29, 1.82) is 0 Å². The summed E-state index contributed by atoms with van der Waals surface area (Å²) in [7, 11) is 0. The summed E-state index contributed by atoms with van der Waals surface area (Å²) < 4.78 is 25.6. The van der Waals surface area contributed by atoms with E-state index in [1.54, 1.807) is 18.2 Å². The number of hydrogen-bond donors (Lipinski definition) is 1. The second kappa shape index (κ2) is 6.10. The molecule has 1 N–H and O–H groups in total. The van der Waals surface area contributed by atoms with Crippen molar-refractivity contribution >= 4 is 0 Å². The third-order valence-electron chi connectivity index (χ3n) is 3.36. The molecule has 0 amide bonds. The minimum atomic E-state index is -0.341. The smallest absolute Gasteiger partial charge is 0.165 e. The van der Waals surface area contributed by atoms with Gasteiger partial charge in [-0.1, -0.05) is 12.1 Å². The lowest BCUT2D eigenvalue weighted by atomic mass is 9.91. The monoisotopic (exact) mass is 281 g/mol. The Labute approximate surface area is 120 Å². The molecule has 0 saturated carbocycles. The molecule has 0 bridgehead atoms. The number of halogens is 1. The van der Waals surface area contributed by atoms with Gasteiger partial charge in [0, 0.05) is 0 Å². The maximum Gasteiger partial charge on any atom is 0.165 e. The summed E-state index contributed by atoms with van der Waals surface area (Å²) in [6, 6.07) is 6.50. The molecule has 0 aromatic heterocycles. The van der Waals surface area contributed by atoms with Gasteiger partial charge in [-0.15, -0.1) is 0 Å². The molecule has 1 heterocycles. The van der Waals surface area contributed by atoms with Crippen LogP contribution in [0.1, 0.15) is 33.6 Å². The maximum absolute atomic E-state index is 13.6. The molecule has 4 heteroatoms. The van der Waals surface area contributed by atoms with Crippen LogP contribution >= 0.6 is 0 Å². The first-order chi connectivity index (χ1) is 9.40. The van der Waals surface area contributed by atoms with Gasteiger partial charge in [0.2, 0.25) is 0 Å². The van der Waals surface area contributed by atoms with E-state index in [4.69, 9.17) is 9.47 Å². The van der Waals surface area contributed by atoms with Gasteiger partial charge in [0.1, 0.15) is 12.2 Å². The molecule has 1 fully saturated rings. The molecule has 1 saturated heterocycles. The van der Waals surface area contributed by atoms with Crippen LogP contribution in [0.5, 0.6) is 5.75 Å². The van der Waals surface area contributed by atoms with Crippen LogP contribution in [0, 0.1) is 5.82 Å². The zero-order valence-corrected chi connectivity index (χ0v) is 12.5. The number of nitrogens with one attached hydrogen (secondary N) is 1. The van der Waals surface area contributed by atoms with E-state index >= 15 is 0 Å². The molecule has 2 rings (SSSR count). The lowest BCUT2D eigenvalue weighted by molar-refractivity contribution is -0.160. The van der Waals surface area contributed by atoms with E-state index in [2.05, 4.69) is 5.32 Å². The summed E-state index contributed by atoms with van der Waals surface area (Å²) in [6.45, 7) is 8.31. The zero-order chi connectivity index (χ0) is 14.6. The summed E-state index contributed by atoms with van der Waals surface area (Å²) in [6.07, 6.45) is 1.75. The third kappa shape index (κ3) is 4.18. The number of hydrogen-bond acceptors (Lipinski definition) is 3. The molecule has 3 nitrogen and oxygen atoms in total. The molecular weight excluding hydrogens is 257 g/mol. The topological polar surface area (TPSA) is 30.5 Å². The van der Waals surface area contributed by atoms with Crippen LogP contribution in [0.4, 0.5) is 4.39 Å². The standard InChI is InChI=1S/C16H24FNO2/c1-15(2,3)20-16(8-10-18-11-9-16)12-19-14-7-5-4-6-13(14)17/h4-7,18H,8-12H2,1-3H3. The van der Waals surface area contributed by atoms with Crippen molar-refractivity contribution in [2.75, 3.05) is 19.7 Å². The molecule has 1 aliphatic heterocycles. The van der Waals surface area contributed by atoms with Crippen molar-refractivity contribution in [2.45, 2.75) is 44.8 Å². The summed E-state index contributed by atoms with van der Waals surface area (Å²) in [4.78, 5) is 0. The average Bonchev–Trinajstić information content (AvgIpc) is 2.37. The van der Waals surface area contributed by atoms with Gasteiger partial charge in [0.05, 0.1) is 5.60 Å². The van der Waals surface area contributed by atoms with Gasteiger partial charge < -0.3 is 14.8 Å². The molecule has 0 radical (unpaired) electrons. The Hall–Kier alpha value is -1.13. The first kappa shape index (κ1) is 15.3. The lowest BCUT2D eigenvalue weighted by Gasteiger charge is -2.42. The van der Waals surface area contributed by atoms with E-state index in [1.165, 1.54) is 6.07 Å². The normalized spacial score (nSPS) is 18.8. The highest BCUT2D eigenvalue weighted by atomic mass is 19.1. The van der Waals surface area contributed by atoms with Gasteiger partial charge in [0.15, 0.2) is 11.6 Å². The second-order valence-electron chi connectivity index (χ2n) is 6.37. The Bertz CT molecular complexity index is 436. The highest BCUT2D eigenvalue weighted by Gasteiger charge is 2.37. The van der Waals surface area contributed by atoms with Crippen LogP contribution in [0.2, 0.25) is 0 Å². The molecule has 0 unspecified atom stereocenters. The van der Waals surface area contributed by atoms with Crippen LogP contribution in [-0.4, -0.2) is 30.9 Å². The summed E-state index contributed by atoms with van der Waals surface area (Å²) >= 11 is 0. The second-order valence-corrected chi connectivity index (χ2v) is 6.37. The van der Waals surface area contributed by atoms with Crippen LogP contribution in [0.3, 0.4) is 0 Å². The fourth-order valence-electron chi connectivity index (χ4n) is 2.58. The highest BCUT2D eigenvalue weighted by molar-refractivity contribution is 5.23. The largest absolute Gasteiger partial charge is 0.488 e. The number of rotatable bonds is 4. The minimum absolute atomic E-state index is 0.240. The van der Waals surface area contributed by atoms with Crippen LogP contribution in [0.25, 0.3) is 0 Å². The fraction of sp³-hybridized carbons (Fsp3) is 0.625. The number of benzene rings is 1. The van der Waals surface area contributed by atoms with E-state index in [1.807, 2.05) is 20.8 Å². The molecule has 20 heavy (non-hydrogen) atoms. The summed E-state index contributed by atoms with van der Waals surface area (Å²) in [5, 5.41) is 3.33. The Morgan fingerprint density at radius 3 is 2.45 bits per heavy atom. The molecule has 1 aliphatic rings. The zero-order valence-electron chi connectivity index (χ0n) is 12.5. The summed E-state index contributed by atoms with van der Waals surface area (Å²) in [5.41, 5.74) is -0.582. The Morgan fingerprint density at radius 1 is 1.20 bits per heavy atom. The van der Waals surface area contributed by atoms with E-state index < -0.39 is 0 Å². The SMILES string of the molecule is CC(C)(C)OC1(COc2ccccc2F)CCNCC1. The maximum atomic E-state index is 13.6. The minimum Gasteiger partial charge on any atom is -0.488 e. The van der Waals surface area contributed by atoms with E-state index in [0.29, 0.717) is 12.4 Å². The Kier molecular flexibility index (Phi) is 4.66. The first-order valence-electron chi connectivity index (χ1n) is 7.19.